The molecule has 1 N–H and O–H groups in total. The lowest BCUT2D eigenvalue weighted by Crippen LogP contribution is -2.60. The van der Waals surface area contributed by atoms with Crippen LogP contribution in [0, 0.1) is 5.92 Å². The van der Waals surface area contributed by atoms with Gasteiger partial charge in [0.25, 0.3) is 5.60 Å². The molecule has 0 aromatic rings. The Labute approximate surface area is 80.7 Å². The van der Waals surface area contributed by atoms with Crippen molar-refractivity contribution >= 4 is 0 Å². The van der Waals surface area contributed by atoms with E-state index >= 15 is 0 Å². The monoisotopic (exact) mass is 232 g/mol. The van der Waals surface area contributed by atoms with E-state index in [4.69, 9.17) is 5.11 Å². The third-order valence-electron chi connectivity index (χ3n) is 2.09. The molecule has 0 aromatic heterocycles. The van der Waals surface area contributed by atoms with Crippen molar-refractivity contribution in [2.75, 3.05) is 0 Å². The molecule has 0 unspecified atom stereocenters. The summed E-state index contributed by atoms with van der Waals surface area (Å²) in [6.45, 7) is 0. The van der Waals surface area contributed by atoms with Crippen LogP contribution >= 0.6 is 0 Å². The van der Waals surface area contributed by atoms with Crippen molar-refractivity contribution in [2.24, 2.45) is 5.92 Å². The molecule has 86 valence electrons. The molecule has 0 bridgehead atoms. The van der Waals surface area contributed by atoms with E-state index in [1.165, 1.54) is 0 Å². The summed E-state index contributed by atoms with van der Waals surface area (Å²) in [5.41, 5.74) is -4.72. The van der Waals surface area contributed by atoms with Crippen molar-refractivity contribution in [1.82, 2.24) is 0 Å². The van der Waals surface area contributed by atoms with Gasteiger partial charge in [0.15, 0.2) is 0 Å². The molecule has 1 aliphatic rings. The highest BCUT2D eigenvalue weighted by molar-refractivity contribution is 5.24. The van der Waals surface area contributed by atoms with E-state index in [0.717, 1.165) is 12.2 Å². The minimum atomic E-state index is -5.77. The predicted molar refractivity (Wildman–Crippen MR) is 38.8 cm³/mol. The van der Waals surface area contributed by atoms with Crippen molar-refractivity contribution < 1.29 is 31.4 Å². The maximum Gasteiger partial charge on any atom is 0.427 e. The zero-order valence-electron chi connectivity index (χ0n) is 7.10. The number of allylic oxidation sites excluding steroid dienone is 2. The number of hydrogen-bond acceptors (Lipinski definition) is 1. The average molecular weight is 232 g/mol. The summed E-state index contributed by atoms with van der Waals surface area (Å²) in [5.74, 6) is -2.13. The van der Waals surface area contributed by atoms with Crippen LogP contribution in [0.4, 0.5) is 26.3 Å². The van der Waals surface area contributed by atoms with Gasteiger partial charge in [0.1, 0.15) is 0 Å². The van der Waals surface area contributed by atoms with Gasteiger partial charge in [-0.05, 0) is 0 Å². The van der Waals surface area contributed by atoms with Crippen molar-refractivity contribution in [3.05, 3.63) is 24.3 Å². The van der Waals surface area contributed by atoms with Gasteiger partial charge in [-0.1, -0.05) is 24.3 Å². The van der Waals surface area contributed by atoms with Gasteiger partial charge in [0.2, 0.25) is 0 Å². The Morgan fingerprint density at radius 1 is 0.800 bits per heavy atom. The Morgan fingerprint density at radius 2 is 1.13 bits per heavy atom. The largest absolute Gasteiger partial charge is 0.427 e. The van der Waals surface area contributed by atoms with Gasteiger partial charge in [-0.2, -0.15) is 26.3 Å². The van der Waals surface area contributed by atoms with Crippen LogP contribution in [0.25, 0.3) is 0 Å². The SMILES string of the molecule is OC(C1C=CC=C1)(C(F)(F)F)C(F)(F)F. The first-order chi connectivity index (χ1) is 6.61. The Bertz CT molecular complexity index is 271. The molecule has 1 aliphatic carbocycles. The second-order valence-electron chi connectivity index (χ2n) is 3.06. The molecule has 0 saturated heterocycles. The molecule has 1 rings (SSSR count). The fourth-order valence-corrected chi connectivity index (χ4v) is 1.25. The van der Waals surface area contributed by atoms with E-state index in [1.54, 1.807) is 0 Å². The summed E-state index contributed by atoms with van der Waals surface area (Å²) in [6, 6.07) is 0. The first-order valence-corrected chi connectivity index (χ1v) is 3.81. The van der Waals surface area contributed by atoms with Crippen molar-refractivity contribution in [1.29, 1.82) is 0 Å². The summed E-state index contributed by atoms with van der Waals surface area (Å²) in [6.07, 6.45) is -8.19. The third kappa shape index (κ3) is 1.75. The van der Waals surface area contributed by atoms with Crippen LogP contribution in [0.2, 0.25) is 0 Å². The van der Waals surface area contributed by atoms with Crippen molar-refractivity contribution in [2.45, 2.75) is 18.0 Å². The standard InChI is InChI=1S/C8H6F6O/c9-7(10,11)6(15,8(12,13)14)5-3-1-2-4-5/h1-5,15H. The molecule has 0 saturated carbocycles. The van der Waals surface area contributed by atoms with E-state index in [0.29, 0.717) is 12.2 Å². The topological polar surface area (TPSA) is 20.2 Å². The highest BCUT2D eigenvalue weighted by Gasteiger charge is 2.73. The van der Waals surface area contributed by atoms with Crippen LogP contribution < -0.4 is 0 Å². The summed E-state index contributed by atoms with van der Waals surface area (Å²) in [5, 5.41) is 8.83. The van der Waals surface area contributed by atoms with Gasteiger partial charge in [0.05, 0.1) is 0 Å². The summed E-state index contributed by atoms with van der Waals surface area (Å²) < 4.78 is 73.3. The van der Waals surface area contributed by atoms with E-state index in [9.17, 15) is 26.3 Å². The van der Waals surface area contributed by atoms with Gasteiger partial charge < -0.3 is 5.11 Å². The fourth-order valence-electron chi connectivity index (χ4n) is 1.25. The second kappa shape index (κ2) is 3.26. The van der Waals surface area contributed by atoms with Crippen molar-refractivity contribution in [3.8, 4) is 0 Å². The third-order valence-corrected chi connectivity index (χ3v) is 2.09. The second-order valence-corrected chi connectivity index (χ2v) is 3.06. The maximum atomic E-state index is 12.2. The Morgan fingerprint density at radius 3 is 1.40 bits per heavy atom. The Balaban J connectivity index is 3.19. The molecule has 0 spiro atoms. The summed E-state index contributed by atoms with van der Waals surface area (Å²) >= 11 is 0. The summed E-state index contributed by atoms with van der Waals surface area (Å²) in [4.78, 5) is 0. The lowest BCUT2D eigenvalue weighted by Gasteiger charge is -2.35. The van der Waals surface area contributed by atoms with Crippen LogP contribution in [-0.4, -0.2) is 23.1 Å². The van der Waals surface area contributed by atoms with E-state index < -0.39 is 23.9 Å². The number of hydrogen-bond donors (Lipinski definition) is 1. The normalized spacial score (nSPS) is 18.9. The predicted octanol–water partition coefficient (Wildman–Crippen LogP) is 2.58. The molecule has 0 radical (unpaired) electrons. The molecule has 0 atom stereocenters. The van der Waals surface area contributed by atoms with Crippen LogP contribution in [0.15, 0.2) is 24.3 Å². The van der Waals surface area contributed by atoms with Crippen LogP contribution in [-0.2, 0) is 0 Å². The molecule has 0 fully saturated rings. The molecule has 7 heteroatoms. The lowest BCUT2D eigenvalue weighted by atomic mass is 9.87. The lowest BCUT2D eigenvalue weighted by molar-refractivity contribution is -0.375. The van der Waals surface area contributed by atoms with Gasteiger partial charge in [-0.3, -0.25) is 0 Å². The fraction of sp³-hybridized carbons (Fsp3) is 0.500. The molecule has 0 aromatic carbocycles. The minimum Gasteiger partial charge on any atom is -0.373 e. The highest BCUT2D eigenvalue weighted by Crippen LogP contribution is 2.49. The van der Waals surface area contributed by atoms with Crippen LogP contribution in [0.5, 0.6) is 0 Å². The zero-order valence-corrected chi connectivity index (χ0v) is 7.10. The zero-order chi connectivity index (χ0) is 11.9. The molecule has 0 aliphatic heterocycles. The molecule has 15 heavy (non-hydrogen) atoms. The smallest absolute Gasteiger partial charge is 0.373 e. The molecule has 1 nitrogen and oxygen atoms in total. The van der Waals surface area contributed by atoms with E-state index in [1.807, 2.05) is 0 Å². The number of alkyl halides is 6. The number of aliphatic hydroxyl groups is 1. The van der Waals surface area contributed by atoms with Gasteiger partial charge in [0, 0.05) is 5.92 Å². The first kappa shape index (κ1) is 12.1. The van der Waals surface area contributed by atoms with Gasteiger partial charge in [-0.15, -0.1) is 0 Å². The van der Waals surface area contributed by atoms with Gasteiger partial charge >= 0.3 is 12.4 Å². The van der Waals surface area contributed by atoms with Crippen LogP contribution in [0.1, 0.15) is 0 Å². The quantitative estimate of drug-likeness (QED) is 0.689. The first-order valence-electron chi connectivity index (χ1n) is 3.81. The van der Waals surface area contributed by atoms with E-state index in [-0.39, 0.29) is 0 Å². The average Bonchev–Trinajstić information content (AvgIpc) is 2.49. The molecular weight excluding hydrogens is 226 g/mol. The van der Waals surface area contributed by atoms with Crippen molar-refractivity contribution in [3.63, 3.8) is 0 Å². The number of rotatable bonds is 1. The van der Waals surface area contributed by atoms with E-state index in [2.05, 4.69) is 0 Å². The summed E-state index contributed by atoms with van der Waals surface area (Å²) in [7, 11) is 0. The van der Waals surface area contributed by atoms with Gasteiger partial charge in [-0.25, -0.2) is 0 Å². The highest BCUT2D eigenvalue weighted by atomic mass is 19.4. The Hall–Kier alpha value is -0.980. The molecular formula is C8H6F6O. The number of halogens is 6. The minimum absolute atomic E-state index is 0.654. The Kier molecular flexibility index (Phi) is 2.63. The molecule has 0 heterocycles. The van der Waals surface area contributed by atoms with Crippen LogP contribution in [0.3, 0.4) is 0 Å². The maximum absolute atomic E-state index is 12.2. The molecule has 0 amide bonds.